The van der Waals surface area contributed by atoms with Crippen LogP contribution in [0.5, 0.6) is 0 Å². The second-order valence-corrected chi connectivity index (χ2v) is 8.87. The zero-order chi connectivity index (χ0) is 9.99. The zero-order valence-electron chi connectivity index (χ0n) is 7.64. The van der Waals surface area contributed by atoms with Crippen molar-refractivity contribution in [1.29, 1.82) is 0 Å². The van der Waals surface area contributed by atoms with Gasteiger partial charge >= 0.3 is 17.4 Å². The smallest absolute Gasteiger partial charge is 0.411 e. The van der Waals surface area contributed by atoms with Crippen molar-refractivity contribution in [3.05, 3.63) is 0 Å². The van der Waals surface area contributed by atoms with E-state index in [1.807, 2.05) is 0 Å². The van der Waals surface area contributed by atoms with Crippen LogP contribution in [0, 0.1) is 5.92 Å². The molecule has 82 valence electrons. The molecular weight excluding hydrogens is 232 g/mol. The van der Waals surface area contributed by atoms with Gasteiger partial charge in [0.2, 0.25) is 0 Å². The highest BCUT2D eigenvalue weighted by molar-refractivity contribution is 6.80. The van der Waals surface area contributed by atoms with Crippen LogP contribution in [0.1, 0.15) is 13.8 Å². The van der Waals surface area contributed by atoms with E-state index in [-0.39, 0.29) is 24.4 Å². The molecule has 0 bridgehead atoms. The van der Waals surface area contributed by atoms with E-state index in [4.69, 9.17) is 14.4 Å². The molecule has 0 saturated carbocycles. The molecule has 0 aromatic rings. The summed E-state index contributed by atoms with van der Waals surface area (Å²) in [5.74, 6) is 0.0722. The Morgan fingerprint density at radius 2 is 1.38 bits per heavy atom. The van der Waals surface area contributed by atoms with Gasteiger partial charge in [-0.15, -0.1) is 12.4 Å². The Kier molecular flexibility index (Phi) is 6.65. The summed E-state index contributed by atoms with van der Waals surface area (Å²) < 4.78 is 0. The summed E-state index contributed by atoms with van der Waals surface area (Å²) in [6.45, 7) is 3.59. The Labute approximate surface area is 85.7 Å². The SMILES string of the molecule is CC(C)C[Si](O)(O)C[Si](O)(O)O.Cl. The van der Waals surface area contributed by atoms with Crippen molar-refractivity contribution in [2.24, 2.45) is 5.92 Å². The molecule has 0 saturated heterocycles. The predicted octanol–water partition coefficient (Wildman–Crippen LogP) is -1.05. The molecule has 0 radical (unpaired) electrons. The second kappa shape index (κ2) is 5.42. The second-order valence-electron chi connectivity index (χ2n) is 3.53. The molecule has 0 aliphatic heterocycles. The first-order valence-electron chi connectivity index (χ1n) is 3.74. The van der Waals surface area contributed by atoms with Gasteiger partial charge < -0.3 is 24.0 Å². The van der Waals surface area contributed by atoms with Gasteiger partial charge in [0, 0.05) is 0 Å². The van der Waals surface area contributed by atoms with Gasteiger partial charge in [0.05, 0.1) is 5.67 Å². The van der Waals surface area contributed by atoms with E-state index in [1.165, 1.54) is 0 Å². The molecule has 0 aliphatic rings. The molecule has 13 heavy (non-hydrogen) atoms. The summed E-state index contributed by atoms with van der Waals surface area (Å²) in [5, 5.41) is 0. The largest absolute Gasteiger partial charge is 0.494 e. The normalized spacial score (nSPS) is 12.9. The lowest BCUT2D eigenvalue weighted by Crippen LogP contribution is -2.49. The number of hydrogen-bond donors (Lipinski definition) is 5. The Hall–Kier alpha value is 0.524. The topological polar surface area (TPSA) is 101 Å². The van der Waals surface area contributed by atoms with Crippen LogP contribution in [0.25, 0.3) is 0 Å². The first-order valence-corrected chi connectivity index (χ1v) is 8.10. The Morgan fingerprint density at radius 1 is 1.00 bits per heavy atom. The van der Waals surface area contributed by atoms with E-state index in [1.54, 1.807) is 13.8 Å². The number of rotatable bonds is 4. The Balaban J connectivity index is 0. The highest BCUT2D eigenvalue weighted by Gasteiger charge is 2.43. The summed E-state index contributed by atoms with van der Waals surface area (Å²) in [7, 11) is -7.89. The summed E-state index contributed by atoms with van der Waals surface area (Å²) in [4.78, 5) is 44.4. The monoisotopic (exact) mass is 248 g/mol. The highest BCUT2D eigenvalue weighted by Crippen LogP contribution is 2.18. The van der Waals surface area contributed by atoms with Gasteiger partial charge in [-0.25, -0.2) is 0 Å². The molecule has 5 N–H and O–H groups in total. The van der Waals surface area contributed by atoms with Crippen molar-refractivity contribution in [3.63, 3.8) is 0 Å². The van der Waals surface area contributed by atoms with E-state index in [0.29, 0.717) is 0 Å². The predicted molar refractivity (Wildman–Crippen MR) is 54.3 cm³/mol. The average Bonchev–Trinajstić information content (AvgIpc) is 1.48. The van der Waals surface area contributed by atoms with Crippen molar-refractivity contribution >= 4 is 29.8 Å². The van der Waals surface area contributed by atoms with Gasteiger partial charge in [-0.05, 0) is 12.0 Å². The fraction of sp³-hybridized carbons (Fsp3) is 1.00. The number of hydrogen-bond acceptors (Lipinski definition) is 5. The maximum atomic E-state index is 9.27. The fourth-order valence-corrected chi connectivity index (χ4v) is 6.03. The molecule has 0 amide bonds. The first kappa shape index (κ1) is 16.0. The third-order valence-corrected chi connectivity index (χ3v) is 6.89. The van der Waals surface area contributed by atoms with Gasteiger partial charge in [0.25, 0.3) is 0 Å². The quantitative estimate of drug-likeness (QED) is 0.409. The zero-order valence-corrected chi connectivity index (χ0v) is 10.5. The van der Waals surface area contributed by atoms with E-state index < -0.39 is 23.0 Å². The van der Waals surface area contributed by atoms with Crippen LogP contribution in [-0.4, -0.2) is 41.3 Å². The Bertz CT molecular complexity index is 146. The molecule has 0 unspecified atom stereocenters. The molecular formula is C5H17ClO5Si2. The molecule has 0 heterocycles. The lowest BCUT2D eigenvalue weighted by molar-refractivity contribution is 0.226. The molecule has 0 fully saturated rings. The van der Waals surface area contributed by atoms with Gasteiger partial charge in [0.15, 0.2) is 0 Å². The van der Waals surface area contributed by atoms with E-state index in [0.717, 1.165) is 0 Å². The summed E-state index contributed by atoms with van der Waals surface area (Å²) in [6.07, 6.45) is 0. The molecule has 0 spiro atoms. The molecule has 0 aromatic carbocycles. The van der Waals surface area contributed by atoms with E-state index in [2.05, 4.69) is 0 Å². The minimum Gasteiger partial charge on any atom is -0.411 e. The summed E-state index contributed by atoms with van der Waals surface area (Å²) >= 11 is 0. The molecule has 0 aromatic heterocycles. The van der Waals surface area contributed by atoms with Gasteiger partial charge in [-0.2, -0.15) is 0 Å². The minimum absolute atomic E-state index is 0. The van der Waals surface area contributed by atoms with E-state index >= 15 is 0 Å². The van der Waals surface area contributed by atoms with Crippen LogP contribution in [0.15, 0.2) is 0 Å². The van der Waals surface area contributed by atoms with Crippen molar-refractivity contribution < 1.29 is 24.0 Å². The van der Waals surface area contributed by atoms with Crippen molar-refractivity contribution in [2.75, 3.05) is 0 Å². The maximum Gasteiger partial charge on any atom is 0.494 e. The van der Waals surface area contributed by atoms with Gasteiger partial charge in [0.1, 0.15) is 0 Å². The van der Waals surface area contributed by atoms with E-state index in [9.17, 15) is 9.59 Å². The van der Waals surface area contributed by atoms with Crippen LogP contribution in [0.2, 0.25) is 11.7 Å². The van der Waals surface area contributed by atoms with Gasteiger partial charge in [-0.1, -0.05) is 13.8 Å². The summed E-state index contributed by atoms with van der Waals surface area (Å²) in [6, 6.07) is 0.142. The molecule has 0 rings (SSSR count). The maximum absolute atomic E-state index is 9.27. The van der Waals surface area contributed by atoms with Crippen LogP contribution in [0.4, 0.5) is 0 Å². The van der Waals surface area contributed by atoms with Crippen molar-refractivity contribution in [3.8, 4) is 0 Å². The standard InChI is InChI=1S/C5H16O5Si2.ClH/c1-5(2)3-11(6,7)4-12(8,9)10;/h5-10H,3-4H2,1-2H3;1H. The molecule has 0 aliphatic carbocycles. The van der Waals surface area contributed by atoms with Gasteiger partial charge in [-0.3, -0.25) is 0 Å². The molecule has 0 atom stereocenters. The van der Waals surface area contributed by atoms with Crippen LogP contribution >= 0.6 is 12.4 Å². The lowest BCUT2D eigenvalue weighted by atomic mass is 10.3. The third-order valence-electron chi connectivity index (χ3n) is 1.26. The summed E-state index contributed by atoms with van der Waals surface area (Å²) in [5.41, 5.74) is -0.627. The van der Waals surface area contributed by atoms with Crippen LogP contribution < -0.4 is 0 Å². The molecule has 5 nitrogen and oxygen atoms in total. The molecule has 8 heteroatoms. The van der Waals surface area contributed by atoms with Crippen molar-refractivity contribution in [1.82, 2.24) is 0 Å². The van der Waals surface area contributed by atoms with Crippen LogP contribution in [-0.2, 0) is 0 Å². The highest BCUT2D eigenvalue weighted by atomic mass is 35.5. The van der Waals surface area contributed by atoms with Crippen molar-refractivity contribution in [2.45, 2.75) is 25.6 Å². The first-order chi connectivity index (χ1) is 5.12. The average molecular weight is 249 g/mol. The Morgan fingerprint density at radius 3 is 1.62 bits per heavy atom. The number of halogens is 1. The third kappa shape index (κ3) is 10.4. The lowest BCUT2D eigenvalue weighted by Gasteiger charge is -2.22. The fourth-order valence-electron chi connectivity index (χ4n) is 1.11. The van der Waals surface area contributed by atoms with Crippen LogP contribution in [0.3, 0.4) is 0 Å². The minimum atomic E-state index is -4.30.